The van der Waals surface area contributed by atoms with Crippen LogP contribution in [0.1, 0.15) is 19.4 Å². The fraction of sp³-hybridized carbons (Fsp3) is 0.500. The quantitative estimate of drug-likeness (QED) is 0.604. The molecule has 0 fully saturated rings. The Morgan fingerprint density at radius 3 is 2.89 bits per heavy atom. The first-order valence-electron chi connectivity index (χ1n) is 6.70. The van der Waals surface area contributed by atoms with Crippen molar-refractivity contribution in [3.63, 3.8) is 0 Å². The molecule has 1 aliphatic rings. The van der Waals surface area contributed by atoms with Gasteiger partial charge in [0, 0.05) is 25.4 Å². The summed E-state index contributed by atoms with van der Waals surface area (Å²) in [6.07, 6.45) is 0.422. The number of nitrogens with two attached hydrogens (primary N) is 1. The van der Waals surface area contributed by atoms with Gasteiger partial charge in [0.1, 0.15) is 0 Å². The van der Waals surface area contributed by atoms with Crippen molar-refractivity contribution in [1.82, 2.24) is 0 Å². The number of likely N-dealkylation sites (N-methyl/N-ethyl adjacent to an activating group) is 1. The molecule has 0 spiro atoms. The number of nitrogens with zero attached hydrogens (tertiary/aromatic N) is 1. The molecular formula is C14H21N3O2. The Morgan fingerprint density at radius 2 is 2.21 bits per heavy atom. The van der Waals surface area contributed by atoms with Crippen molar-refractivity contribution in [2.45, 2.75) is 20.3 Å². The number of hydrogen-bond donors (Lipinski definition) is 2. The van der Waals surface area contributed by atoms with Crippen LogP contribution >= 0.6 is 0 Å². The predicted octanol–water partition coefficient (Wildman–Crippen LogP) is 1.63. The Hall–Kier alpha value is -1.75. The lowest BCUT2D eigenvalue weighted by Gasteiger charge is -2.25. The first-order valence-corrected chi connectivity index (χ1v) is 6.70. The van der Waals surface area contributed by atoms with Crippen LogP contribution in [0.5, 0.6) is 0 Å². The number of benzene rings is 1. The summed E-state index contributed by atoms with van der Waals surface area (Å²) in [7, 11) is 0. The molecule has 104 valence electrons. The van der Waals surface area contributed by atoms with Crippen LogP contribution in [0.3, 0.4) is 0 Å². The predicted molar refractivity (Wildman–Crippen MR) is 77.6 cm³/mol. The lowest BCUT2D eigenvalue weighted by atomic mass is 10.1. The first kappa shape index (κ1) is 13.7. The van der Waals surface area contributed by atoms with Crippen molar-refractivity contribution in [3.05, 3.63) is 17.7 Å². The monoisotopic (exact) mass is 263 g/mol. The zero-order chi connectivity index (χ0) is 13.8. The molecule has 1 aliphatic heterocycles. The zero-order valence-electron chi connectivity index (χ0n) is 11.5. The summed E-state index contributed by atoms with van der Waals surface area (Å²) in [6, 6.07) is 3.86. The smallest absolute Gasteiger partial charge is 0.228 e. The van der Waals surface area contributed by atoms with Crippen LogP contribution in [0, 0.1) is 0 Å². The standard InChI is InChI=1S/C14H21N3O2/c1-3-17(5-6-19-4-2)13-9-12-10(7-11(13)15)8-14(18)16-12/h7,9H,3-6,8,15H2,1-2H3,(H,16,18). The van der Waals surface area contributed by atoms with Crippen molar-refractivity contribution in [3.8, 4) is 0 Å². The van der Waals surface area contributed by atoms with Gasteiger partial charge in [-0.15, -0.1) is 0 Å². The maximum absolute atomic E-state index is 11.4. The van der Waals surface area contributed by atoms with Crippen molar-refractivity contribution in [2.24, 2.45) is 0 Å². The second-order valence-corrected chi connectivity index (χ2v) is 4.57. The van der Waals surface area contributed by atoms with Gasteiger partial charge in [0.2, 0.25) is 5.91 Å². The number of fused-ring (bicyclic) bond motifs is 1. The molecule has 19 heavy (non-hydrogen) atoms. The highest BCUT2D eigenvalue weighted by Gasteiger charge is 2.20. The van der Waals surface area contributed by atoms with E-state index in [4.69, 9.17) is 10.5 Å². The normalized spacial score (nSPS) is 13.3. The van der Waals surface area contributed by atoms with Gasteiger partial charge in [0.15, 0.2) is 0 Å². The molecule has 1 amide bonds. The summed E-state index contributed by atoms with van der Waals surface area (Å²) >= 11 is 0. The summed E-state index contributed by atoms with van der Waals surface area (Å²) in [5.74, 6) is 0.0314. The number of carbonyl (C=O) groups excluding carboxylic acids is 1. The van der Waals surface area contributed by atoms with Gasteiger partial charge in [0.25, 0.3) is 0 Å². The fourth-order valence-electron chi connectivity index (χ4n) is 2.32. The van der Waals surface area contributed by atoms with Gasteiger partial charge in [-0.2, -0.15) is 0 Å². The van der Waals surface area contributed by atoms with Crippen molar-refractivity contribution < 1.29 is 9.53 Å². The van der Waals surface area contributed by atoms with Gasteiger partial charge in [-0.05, 0) is 31.5 Å². The number of hydrogen-bond acceptors (Lipinski definition) is 4. The molecule has 0 aromatic heterocycles. The van der Waals surface area contributed by atoms with E-state index in [2.05, 4.69) is 17.1 Å². The number of nitrogen functional groups attached to an aromatic ring is 1. The molecule has 0 aliphatic carbocycles. The first-order chi connectivity index (χ1) is 9.15. The minimum atomic E-state index is 0.0314. The van der Waals surface area contributed by atoms with Gasteiger partial charge < -0.3 is 20.7 Å². The average Bonchev–Trinajstić information content (AvgIpc) is 2.73. The third-order valence-electron chi connectivity index (χ3n) is 3.31. The van der Waals surface area contributed by atoms with Crippen LogP contribution in [0.4, 0.5) is 17.1 Å². The lowest BCUT2D eigenvalue weighted by Crippen LogP contribution is -2.28. The minimum absolute atomic E-state index is 0.0314. The molecule has 1 heterocycles. The number of carbonyl (C=O) groups is 1. The Balaban J connectivity index is 2.18. The number of anilines is 3. The third kappa shape index (κ3) is 2.98. The van der Waals surface area contributed by atoms with E-state index in [0.717, 1.165) is 30.0 Å². The molecule has 0 bridgehead atoms. The van der Waals surface area contributed by atoms with Crippen molar-refractivity contribution >= 4 is 23.0 Å². The molecule has 3 N–H and O–H groups in total. The molecular weight excluding hydrogens is 242 g/mol. The number of amides is 1. The molecule has 1 aromatic rings. The van der Waals surface area contributed by atoms with Crippen LogP contribution in [-0.4, -0.2) is 32.2 Å². The van der Waals surface area contributed by atoms with Gasteiger partial charge in [-0.1, -0.05) is 0 Å². The molecule has 0 saturated heterocycles. The second-order valence-electron chi connectivity index (χ2n) is 4.57. The van der Waals surface area contributed by atoms with Gasteiger partial charge in [-0.25, -0.2) is 0 Å². The van der Waals surface area contributed by atoms with Crippen LogP contribution in [0.25, 0.3) is 0 Å². The minimum Gasteiger partial charge on any atom is -0.397 e. The SMILES string of the molecule is CCOCCN(CC)c1cc2c(cc1N)CC(=O)N2. The molecule has 2 rings (SSSR count). The highest BCUT2D eigenvalue weighted by atomic mass is 16.5. The fourth-order valence-corrected chi connectivity index (χ4v) is 2.32. The van der Waals surface area contributed by atoms with Gasteiger partial charge >= 0.3 is 0 Å². The third-order valence-corrected chi connectivity index (χ3v) is 3.31. The van der Waals surface area contributed by atoms with Crippen LogP contribution in [0.15, 0.2) is 12.1 Å². The Kier molecular flexibility index (Phi) is 4.27. The number of ether oxygens (including phenoxy) is 1. The highest BCUT2D eigenvalue weighted by molar-refractivity contribution is 6.00. The molecule has 0 saturated carbocycles. The van der Waals surface area contributed by atoms with E-state index in [9.17, 15) is 4.79 Å². The number of nitrogens with one attached hydrogen (secondary N) is 1. The molecule has 5 nitrogen and oxygen atoms in total. The largest absolute Gasteiger partial charge is 0.397 e. The van der Waals surface area contributed by atoms with E-state index < -0.39 is 0 Å². The van der Waals surface area contributed by atoms with E-state index >= 15 is 0 Å². The van der Waals surface area contributed by atoms with Crippen LogP contribution in [0.2, 0.25) is 0 Å². The summed E-state index contributed by atoms with van der Waals surface area (Å²) in [6.45, 7) is 7.10. The van der Waals surface area contributed by atoms with Crippen molar-refractivity contribution in [1.29, 1.82) is 0 Å². The maximum Gasteiger partial charge on any atom is 0.228 e. The zero-order valence-corrected chi connectivity index (χ0v) is 11.5. The van der Waals surface area contributed by atoms with Gasteiger partial charge in [0.05, 0.1) is 24.4 Å². The van der Waals surface area contributed by atoms with Crippen LogP contribution < -0.4 is 16.0 Å². The Bertz CT molecular complexity index is 474. The summed E-state index contributed by atoms with van der Waals surface area (Å²) in [5, 5.41) is 2.86. The van der Waals surface area contributed by atoms with E-state index in [0.29, 0.717) is 25.3 Å². The lowest BCUT2D eigenvalue weighted by molar-refractivity contribution is -0.115. The average molecular weight is 263 g/mol. The molecule has 1 aromatic carbocycles. The van der Waals surface area contributed by atoms with Crippen molar-refractivity contribution in [2.75, 3.05) is 42.3 Å². The topological polar surface area (TPSA) is 67.6 Å². The molecule has 0 atom stereocenters. The Labute approximate surface area is 113 Å². The van der Waals surface area contributed by atoms with E-state index in [1.54, 1.807) is 0 Å². The molecule has 0 radical (unpaired) electrons. The van der Waals surface area contributed by atoms with Gasteiger partial charge in [-0.3, -0.25) is 4.79 Å². The summed E-state index contributed by atoms with van der Waals surface area (Å²) < 4.78 is 5.38. The maximum atomic E-state index is 11.4. The number of rotatable bonds is 6. The summed E-state index contributed by atoms with van der Waals surface area (Å²) in [4.78, 5) is 13.5. The van der Waals surface area contributed by atoms with E-state index in [1.807, 2.05) is 19.1 Å². The second kappa shape index (κ2) is 5.93. The highest BCUT2D eigenvalue weighted by Crippen LogP contribution is 2.33. The molecule has 5 heteroatoms. The summed E-state index contributed by atoms with van der Waals surface area (Å²) in [5.41, 5.74) is 9.63. The Morgan fingerprint density at radius 1 is 1.42 bits per heavy atom. The van der Waals surface area contributed by atoms with E-state index in [-0.39, 0.29) is 5.91 Å². The molecule has 0 unspecified atom stereocenters. The van der Waals surface area contributed by atoms with E-state index in [1.165, 1.54) is 0 Å². The van der Waals surface area contributed by atoms with Crippen LogP contribution in [-0.2, 0) is 16.0 Å².